The third kappa shape index (κ3) is 2.48. The van der Waals surface area contributed by atoms with Gasteiger partial charge in [0, 0.05) is 24.7 Å². The maximum atomic E-state index is 13.4. The predicted octanol–water partition coefficient (Wildman–Crippen LogP) is 1.44. The molecular formula is C12H13F3N2O. The van der Waals surface area contributed by atoms with E-state index < -0.39 is 28.9 Å². The van der Waals surface area contributed by atoms with Crippen molar-refractivity contribution in [3.63, 3.8) is 0 Å². The van der Waals surface area contributed by atoms with Crippen LogP contribution >= 0.6 is 0 Å². The first-order valence-corrected chi connectivity index (χ1v) is 5.65. The zero-order valence-electron chi connectivity index (χ0n) is 9.77. The van der Waals surface area contributed by atoms with Crippen molar-refractivity contribution in [1.29, 1.82) is 0 Å². The van der Waals surface area contributed by atoms with Crippen molar-refractivity contribution >= 4 is 5.91 Å². The number of nitrogens with one attached hydrogen (secondary N) is 2. The van der Waals surface area contributed by atoms with Gasteiger partial charge in [-0.1, -0.05) is 6.92 Å². The second kappa shape index (κ2) is 4.97. The summed E-state index contributed by atoms with van der Waals surface area (Å²) in [4.78, 5) is 11.8. The summed E-state index contributed by atoms with van der Waals surface area (Å²) in [6.07, 6.45) is 0. The number of benzene rings is 1. The zero-order chi connectivity index (χ0) is 13.3. The van der Waals surface area contributed by atoms with Crippen molar-refractivity contribution < 1.29 is 18.0 Å². The molecule has 2 N–H and O–H groups in total. The summed E-state index contributed by atoms with van der Waals surface area (Å²) < 4.78 is 39.5. The van der Waals surface area contributed by atoms with Crippen molar-refractivity contribution in [2.75, 3.05) is 13.1 Å². The smallest absolute Gasteiger partial charge is 0.257 e. The van der Waals surface area contributed by atoms with Gasteiger partial charge in [0.2, 0.25) is 0 Å². The van der Waals surface area contributed by atoms with Crippen LogP contribution in [0.15, 0.2) is 12.1 Å². The minimum Gasteiger partial charge on any atom is -0.348 e. The maximum Gasteiger partial charge on any atom is 0.257 e. The van der Waals surface area contributed by atoms with Gasteiger partial charge in [-0.15, -0.1) is 0 Å². The van der Waals surface area contributed by atoms with Crippen molar-refractivity contribution in [3.8, 4) is 0 Å². The molecule has 1 aromatic rings. The van der Waals surface area contributed by atoms with E-state index in [1.165, 1.54) is 0 Å². The van der Waals surface area contributed by atoms with Crippen LogP contribution in [0.5, 0.6) is 0 Å². The fraction of sp³-hybridized carbons (Fsp3) is 0.417. The highest BCUT2D eigenvalue weighted by Crippen LogP contribution is 2.16. The second-order valence-electron chi connectivity index (χ2n) is 4.46. The van der Waals surface area contributed by atoms with E-state index in [0.717, 1.165) is 6.54 Å². The number of carbonyl (C=O) groups excluding carboxylic acids is 1. The first kappa shape index (κ1) is 12.9. The minimum atomic E-state index is -1.19. The molecule has 6 heteroatoms. The van der Waals surface area contributed by atoms with Crippen LogP contribution in [0.1, 0.15) is 17.3 Å². The van der Waals surface area contributed by atoms with E-state index in [-0.39, 0.29) is 12.0 Å². The Morgan fingerprint density at radius 3 is 2.39 bits per heavy atom. The Kier molecular flexibility index (Phi) is 3.56. The molecule has 1 aromatic carbocycles. The molecule has 3 nitrogen and oxygen atoms in total. The lowest BCUT2D eigenvalue weighted by Gasteiger charge is -2.16. The molecule has 2 atom stereocenters. The molecule has 98 valence electrons. The molecule has 0 spiro atoms. The molecule has 2 unspecified atom stereocenters. The SMILES string of the molecule is CC1CNCC1NC(=O)c1c(F)cc(F)cc1F. The van der Waals surface area contributed by atoms with Crippen molar-refractivity contribution in [3.05, 3.63) is 35.1 Å². The highest BCUT2D eigenvalue weighted by molar-refractivity contribution is 5.95. The van der Waals surface area contributed by atoms with Gasteiger partial charge in [0.25, 0.3) is 5.91 Å². The standard InChI is InChI=1S/C12H13F3N2O/c1-6-4-16-5-10(6)17-12(18)11-8(14)2-7(13)3-9(11)15/h2-3,6,10,16H,4-5H2,1H3,(H,17,18). The quantitative estimate of drug-likeness (QED) is 0.842. The summed E-state index contributed by atoms with van der Waals surface area (Å²) in [6.45, 7) is 3.21. The van der Waals surface area contributed by atoms with Crippen LogP contribution in [-0.2, 0) is 0 Å². The molecule has 1 aliphatic heterocycles. The molecule has 0 bridgehead atoms. The Bertz CT molecular complexity index is 455. The molecule has 0 saturated carbocycles. The van der Waals surface area contributed by atoms with Gasteiger partial charge >= 0.3 is 0 Å². The van der Waals surface area contributed by atoms with E-state index >= 15 is 0 Å². The van der Waals surface area contributed by atoms with Crippen LogP contribution in [0.3, 0.4) is 0 Å². The maximum absolute atomic E-state index is 13.4. The molecule has 0 radical (unpaired) electrons. The lowest BCUT2D eigenvalue weighted by molar-refractivity contribution is 0.0924. The van der Waals surface area contributed by atoms with Crippen LogP contribution in [0, 0.1) is 23.4 Å². The van der Waals surface area contributed by atoms with Crippen LogP contribution in [0.2, 0.25) is 0 Å². The van der Waals surface area contributed by atoms with Gasteiger partial charge in [-0.2, -0.15) is 0 Å². The Balaban J connectivity index is 2.19. The van der Waals surface area contributed by atoms with Gasteiger partial charge in [0.15, 0.2) is 0 Å². The number of hydrogen-bond acceptors (Lipinski definition) is 2. The molecule has 2 rings (SSSR count). The summed E-state index contributed by atoms with van der Waals surface area (Å²) in [7, 11) is 0. The summed E-state index contributed by atoms with van der Waals surface area (Å²) in [5, 5.41) is 5.60. The zero-order valence-corrected chi connectivity index (χ0v) is 9.77. The number of hydrogen-bond donors (Lipinski definition) is 2. The summed E-state index contributed by atoms with van der Waals surface area (Å²) >= 11 is 0. The Hall–Kier alpha value is -1.56. The monoisotopic (exact) mass is 258 g/mol. The third-order valence-corrected chi connectivity index (χ3v) is 3.07. The third-order valence-electron chi connectivity index (χ3n) is 3.07. The first-order chi connectivity index (χ1) is 8.49. The molecule has 1 fully saturated rings. The van der Waals surface area contributed by atoms with Crippen LogP contribution in [-0.4, -0.2) is 25.0 Å². The second-order valence-corrected chi connectivity index (χ2v) is 4.46. The van der Waals surface area contributed by atoms with Gasteiger partial charge in [-0.3, -0.25) is 4.79 Å². The number of amides is 1. The number of rotatable bonds is 2. The van der Waals surface area contributed by atoms with Crippen molar-refractivity contribution in [2.45, 2.75) is 13.0 Å². The topological polar surface area (TPSA) is 41.1 Å². The fourth-order valence-corrected chi connectivity index (χ4v) is 2.00. The van der Waals surface area contributed by atoms with E-state index in [4.69, 9.17) is 0 Å². The molecule has 18 heavy (non-hydrogen) atoms. The van der Waals surface area contributed by atoms with Gasteiger partial charge in [-0.05, 0) is 12.5 Å². The van der Waals surface area contributed by atoms with E-state index in [1.807, 2.05) is 6.92 Å². The van der Waals surface area contributed by atoms with Gasteiger partial charge in [0.05, 0.1) is 0 Å². The summed E-state index contributed by atoms with van der Waals surface area (Å²) in [5.74, 6) is -4.10. The molecule has 0 aliphatic carbocycles. The lowest BCUT2D eigenvalue weighted by atomic mass is 10.1. The molecule has 1 heterocycles. The minimum absolute atomic E-state index is 0.179. The van der Waals surface area contributed by atoms with E-state index in [2.05, 4.69) is 10.6 Å². The summed E-state index contributed by atoms with van der Waals surface area (Å²) in [6, 6.07) is 0.809. The predicted molar refractivity (Wildman–Crippen MR) is 59.6 cm³/mol. The van der Waals surface area contributed by atoms with Crippen molar-refractivity contribution in [2.24, 2.45) is 5.92 Å². The largest absolute Gasteiger partial charge is 0.348 e. The Labute approximate surface area is 102 Å². The highest BCUT2D eigenvalue weighted by atomic mass is 19.1. The van der Waals surface area contributed by atoms with E-state index in [1.54, 1.807) is 0 Å². The number of carbonyl (C=O) groups is 1. The molecular weight excluding hydrogens is 245 g/mol. The van der Waals surface area contributed by atoms with Gasteiger partial charge < -0.3 is 10.6 Å². The molecule has 1 amide bonds. The fourth-order valence-electron chi connectivity index (χ4n) is 2.00. The van der Waals surface area contributed by atoms with Gasteiger partial charge in [-0.25, -0.2) is 13.2 Å². The summed E-state index contributed by atoms with van der Waals surface area (Å²) in [5.41, 5.74) is -0.740. The first-order valence-electron chi connectivity index (χ1n) is 5.65. The molecule has 1 aliphatic rings. The number of halogens is 3. The van der Waals surface area contributed by atoms with Crippen molar-refractivity contribution in [1.82, 2.24) is 10.6 Å². The van der Waals surface area contributed by atoms with Crippen LogP contribution < -0.4 is 10.6 Å². The van der Waals surface area contributed by atoms with Crippen LogP contribution in [0.25, 0.3) is 0 Å². The van der Waals surface area contributed by atoms with E-state index in [0.29, 0.717) is 18.7 Å². The average Bonchev–Trinajstić information content (AvgIpc) is 2.62. The Morgan fingerprint density at radius 2 is 1.89 bits per heavy atom. The average molecular weight is 258 g/mol. The molecule has 0 aromatic heterocycles. The Morgan fingerprint density at radius 1 is 1.28 bits per heavy atom. The molecule has 1 saturated heterocycles. The normalized spacial score (nSPS) is 23.1. The van der Waals surface area contributed by atoms with Gasteiger partial charge in [0.1, 0.15) is 23.0 Å². The van der Waals surface area contributed by atoms with Crippen LogP contribution in [0.4, 0.5) is 13.2 Å². The lowest BCUT2D eigenvalue weighted by Crippen LogP contribution is -2.40. The van der Waals surface area contributed by atoms with E-state index in [9.17, 15) is 18.0 Å². The highest BCUT2D eigenvalue weighted by Gasteiger charge is 2.27.